The molecular formula is C13H22N2O2. The van der Waals surface area contributed by atoms with Gasteiger partial charge in [0.25, 0.3) is 0 Å². The fourth-order valence-electron chi connectivity index (χ4n) is 2.40. The van der Waals surface area contributed by atoms with Gasteiger partial charge in [-0.25, -0.2) is 0 Å². The molecule has 0 saturated carbocycles. The van der Waals surface area contributed by atoms with Gasteiger partial charge in [0.15, 0.2) is 0 Å². The molecule has 1 heterocycles. The average Bonchev–Trinajstić information content (AvgIpc) is 2.29. The number of hydrogen-bond donors (Lipinski definition) is 1. The summed E-state index contributed by atoms with van der Waals surface area (Å²) in [6.07, 6.45) is 3.53. The topological polar surface area (TPSA) is 64.3 Å². The number of unbranched alkanes of at least 4 members (excludes halogenated alkanes) is 1. The summed E-state index contributed by atoms with van der Waals surface area (Å²) in [5, 5.41) is 17.7. The molecule has 4 nitrogen and oxygen atoms in total. The minimum Gasteiger partial charge on any atom is -0.481 e. The van der Waals surface area contributed by atoms with Crippen LogP contribution in [-0.2, 0) is 4.79 Å². The molecule has 1 fully saturated rings. The van der Waals surface area contributed by atoms with Crippen molar-refractivity contribution in [3.63, 3.8) is 0 Å². The Labute approximate surface area is 103 Å². The number of piperidine rings is 1. The van der Waals surface area contributed by atoms with E-state index in [4.69, 9.17) is 5.26 Å². The van der Waals surface area contributed by atoms with Crippen LogP contribution in [0.2, 0.25) is 0 Å². The molecule has 1 aliphatic heterocycles. The van der Waals surface area contributed by atoms with Crippen LogP contribution in [0.15, 0.2) is 0 Å². The van der Waals surface area contributed by atoms with Gasteiger partial charge in [0, 0.05) is 13.0 Å². The van der Waals surface area contributed by atoms with Crippen molar-refractivity contribution in [2.75, 3.05) is 19.6 Å². The summed E-state index contributed by atoms with van der Waals surface area (Å²) in [5.74, 6) is -0.489. The van der Waals surface area contributed by atoms with Gasteiger partial charge in [-0.3, -0.25) is 4.79 Å². The van der Waals surface area contributed by atoms with Crippen LogP contribution in [0.3, 0.4) is 0 Å². The summed E-state index contributed by atoms with van der Waals surface area (Å²) in [7, 11) is 0. The van der Waals surface area contributed by atoms with Crippen molar-refractivity contribution >= 4 is 5.97 Å². The monoisotopic (exact) mass is 238 g/mol. The Morgan fingerprint density at radius 2 is 2.29 bits per heavy atom. The average molecular weight is 238 g/mol. The molecule has 1 aliphatic rings. The SMILES string of the molecule is CC(C)(C(=O)O)C1CCCN(CCCC#N)C1. The third-order valence-electron chi connectivity index (χ3n) is 3.84. The number of nitriles is 1. The van der Waals surface area contributed by atoms with E-state index in [0.29, 0.717) is 6.42 Å². The fraction of sp³-hybridized carbons (Fsp3) is 0.846. The first-order chi connectivity index (χ1) is 7.98. The molecule has 96 valence electrons. The summed E-state index contributed by atoms with van der Waals surface area (Å²) in [4.78, 5) is 13.5. The lowest BCUT2D eigenvalue weighted by molar-refractivity contribution is -0.151. The van der Waals surface area contributed by atoms with Crippen LogP contribution >= 0.6 is 0 Å². The Morgan fingerprint density at radius 1 is 1.59 bits per heavy atom. The zero-order chi connectivity index (χ0) is 12.9. The predicted molar refractivity (Wildman–Crippen MR) is 65.4 cm³/mol. The number of carboxylic acids is 1. The molecule has 0 amide bonds. The molecule has 1 N–H and O–H groups in total. The number of carbonyl (C=O) groups is 1. The van der Waals surface area contributed by atoms with Crippen molar-refractivity contribution in [1.82, 2.24) is 4.90 Å². The zero-order valence-corrected chi connectivity index (χ0v) is 10.8. The molecule has 0 spiro atoms. The van der Waals surface area contributed by atoms with E-state index in [0.717, 1.165) is 38.9 Å². The van der Waals surface area contributed by atoms with E-state index in [9.17, 15) is 9.90 Å². The first-order valence-electron chi connectivity index (χ1n) is 6.31. The fourth-order valence-corrected chi connectivity index (χ4v) is 2.40. The summed E-state index contributed by atoms with van der Waals surface area (Å²) >= 11 is 0. The van der Waals surface area contributed by atoms with Crippen molar-refractivity contribution in [2.24, 2.45) is 11.3 Å². The van der Waals surface area contributed by atoms with Crippen LogP contribution in [0.25, 0.3) is 0 Å². The number of hydrogen-bond acceptors (Lipinski definition) is 3. The molecule has 0 bridgehead atoms. The minimum absolute atomic E-state index is 0.218. The highest BCUT2D eigenvalue weighted by Crippen LogP contribution is 2.34. The van der Waals surface area contributed by atoms with Gasteiger partial charge in [-0.2, -0.15) is 5.26 Å². The number of rotatable bonds is 5. The predicted octanol–water partition coefficient (Wildman–Crippen LogP) is 2.11. The Morgan fingerprint density at radius 3 is 2.88 bits per heavy atom. The molecule has 0 aromatic rings. The largest absolute Gasteiger partial charge is 0.481 e. The minimum atomic E-state index is -0.707. The van der Waals surface area contributed by atoms with Crippen molar-refractivity contribution in [2.45, 2.75) is 39.5 Å². The van der Waals surface area contributed by atoms with Crippen LogP contribution in [0, 0.1) is 22.7 Å². The molecule has 1 rings (SSSR count). The van der Waals surface area contributed by atoms with Crippen LogP contribution in [0.5, 0.6) is 0 Å². The number of aliphatic carboxylic acids is 1. The molecule has 0 aromatic carbocycles. The van der Waals surface area contributed by atoms with Gasteiger partial charge in [0.1, 0.15) is 0 Å². The van der Waals surface area contributed by atoms with Gasteiger partial charge >= 0.3 is 5.97 Å². The second-order valence-electron chi connectivity index (χ2n) is 5.43. The summed E-state index contributed by atoms with van der Waals surface area (Å²) in [6, 6.07) is 2.15. The molecular weight excluding hydrogens is 216 g/mol. The Hall–Kier alpha value is -1.08. The second kappa shape index (κ2) is 6.02. The van der Waals surface area contributed by atoms with Crippen molar-refractivity contribution < 1.29 is 9.90 Å². The third-order valence-corrected chi connectivity index (χ3v) is 3.84. The number of nitrogens with zero attached hydrogens (tertiary/aromatic N) is 2. The molecule has 4 heteroatoms. The van der Waals surface area contributed by atoms with E-state index >= 15 is 0 Å². The van der Waals surface area contributed by atoms with Crippen LogP contribution < -0.4 is 0 Å². The maximum absolute atomic E-state index is 11.2. The normalized spacial score (nSPS) is 22.1. The quantitative estimate of drug-likeness (QED) is 0.745. The summed E-state index contributed by atoms with van der Waals surface area (Å²) < 4.78 is 0. The van der Waals surface area contributed by atoms with Gasteiger partial charge in [-0.15, -0.1) is 0 Å². The molecule has 1 atom stereocenters. The number of carboxylic acid groups (broad SMARTS) is 1. The van der Waals surface area contributed by atoms with Crippen LogP contribution in [0.4, 0.5) is 0 Å². The van der Waals surface area contributed by atoms with Gasteiger partial charge in [0.05, 0.1) is 11.5 Å². The van der Waals surface area contributed by atoms with Gasteiger partial charge in [0.2, 0.25) is 0 Å². The first-order valence-corrected chi connectivity index (χ1v) is 6.31. The zero-order valence-electron chi connectivity index (χ0n) is 10.8. The molecule has 0 aromatic heterocycles. The van der Waals surface area contributed by atoms with Crippen LogP contribution in [0.1, 0.15) is 39.5 Å². The van der Waals surface area contributed by atoms with E-state index in [-0.39, 0.29) is 5.92 Å². The molecule has 1 saturated heterocycles. The van der Waals surface area contributed by atoms with Crippen LogP contribution in [-0.4, -0.2) is 35.6 Å². The molecule has 1 unspecified atom stereocenters. The smallest absolute Gasteiger partial charge is 0.309 e. The third kappa shape index (κ3) is 3.71. The Balaban J connectivity index is 2.49. The van der Waals surface area contributed by atoms with E-state index < -0.39 is 11.4 Å². The maximum atomic E-state index is 11.2. The molecule has 17 heavy (non-hydrogen) atoms. The lowest BCUT2D eigenvalue weighted by atomic mass is 9.74. The lowest BCUT2D eigenvalue weighted by Gasteiger charge is -2.39. The van der Waals surface area contributed by atoms with E-state index in [1.807, 2.05) is 13.8 Å². The second-order valence-corrected chi connectivity index (χ2v) is 5.43. The summed E-state index contributed by atoms with van der Waals surface area (Å²) in [5.41, 5.74) is -0.645. The van der Waals surface area contributed by atoms with Crippen molar-refractivity contribution in [3.05, 3.63) is 0 Å². The van der Waals surface area contributed by atoms with Gasteiger partial charge in [-0.05, 0) is 52.1 Å². The van der Waals surface area contributed by atoms with Gasteiger partial charge < -0.3 is 10.0 Å². The highest BCUT2D eigenvalue weighted by Gasteiger charge is 2.38. The van der Waals surface area contributed by atoms with E-state index in [2.05, 4.69) is 11.0 Å². The van der Waals surface area contributed by atoms with E-state index in [1.165, 1.54) is 0 Å². The lowest BCUT2D eigenvalue weighted by Crippen LogP contribution is -2.44. The van der Waals surface area contributed by atoms with Crippen molar-refractivity contribution in [1.29, 1.82) is 5.26 Å². The van der Waals surface area contributed by atoms with Crippen molar-refractivity contribution in [3.8, 4) is 6.07 Å². The van der Waals surface area contributed by atoms with Gasteiger partial charge in [-0.1, -0.05) is 0 Å². The molecule has 0 radical (unpaired) electrons. The number of likely N-dealkylation sites (tertiary alicyclic amines) is 1. The highest BCUT2D eigenvalue weighted by molar-refractivity contribution is 5.74. The molecule has 0 aliphatic carbocycles. The van der Waals surface area contributed by atoms with E-state index in [1.54, 1.807) is 0 Å². The maximum Gasteiger partial charge on any atom is 0.309 e. The standard InChI is InChI=1S/C13H22N2O2/c1-13(2,12(16)17)11-6-5-9-15(10-11)8-4-3-7-14/h11H,3-6,8-10H2,1-2H3,(H,16,17). The summed E-state index contributed by atoms with van der Waals surface area (Å²) in [6.45, 7) is 6.44. The Kier molecular flexibility index (Phi) is 4.95. The first kappa shape index (κ1) is 14.0. The highest BCUT2D eigenvalue weighted by atomic mass is 16.4. The Bertz CT molecular complexity index is 307.